The molecule has 1 N–H and O–H groups in total. The number of para-hydroxylation sites is 1. The Morgan fingerprint density at radius 1 is 0.852 bits per heavy atom. The van der Waals surface area contributed by atoms with Crippen LogP contribution < -0.4 is 14.8 Å². The largest absolute Gasteiger partial charge is 0.482 e. The molecule has 0 bridgehead atoms. The summed E-state index contributed by atoms with van der Waals surface area (Å²) in [4.78, 5) is 12.3. The summed E-state index contributed by atoms with van der Waals surface area (Å²) in [5.41, 5.74) is 0.433. The van der Waals surface area contributed by atoms with Crippen LogP contribution in [0.3, 0.4) is 0 Å². The van der Waals surface area contributed by atoms with Crippen LogP contribution in [0.2, 0.25) is 15.1 Å². The summed E-state index contributed by atoms with van der Waals surface area (Å²) < 4.78 is 11.2. The molecule has 0 unspecified atom stereocenters. The molecule has 0 aliphatic carbocycles. The topological polar surface area (TPSA) is 47.6 Å². The maximum absolute atomic E-state index is 12.3. The van der Waals surface area contributed by atoms with Crippen molar-refractivity contribution < 1.29 is 14.3 Å². The number of hydrogen-bond donors (Lipinski definition) is 1. The minimum Gasteiger partial charge on any atom is -0.482 e. The normalized spacial score (nSPS) is 10.3. The van der Waals surface area contributed by atoms with E-state index in [1.54, 1.807) is 36.4 Å². The van der Waals surface area contributed by atoms with E-state index in [2.05, 4.69) is 5.32 Å². The molecular formula is C20H14Cl3NO3. The maximum Gasteiger partial charge on any atom is 0.262 e. The lowest BCUT2D eigenvalue weighted by atomic mass is 10.2. The second-order valence-corrected chi connectivity index (χ2v) is 6.75. The predicted octanol–water partition coefficient (Wildman–Crippen LogP) is 6.46. The van der Waals surface area contributed by atoms with Gasteiger partial charge >= 0.3 is 0 Å². The second kappa shape index (κ2) is 9.00. The van der Waals surface area contributed by atoms with Crippen molar-refractivity contribution in [3.05, 3.63) is 81.8 Å². The van der Waals surface area contributed by atoms with Crippen molar-refractivity contribution >= 4 is 46.4 Å². The molecule has 0 saturated carbocycles. The van der Waals surface area contributed by atoms with E-state index in [1.165, 1.54) is 0 Å². The van der Waals surface area contributed by atoms with Crippen LogP contribution in [0, 0.1) is 0 Å². The molecule has 0 aliphatic heterocycles. The maximum atomic E-state index is 12.3. The number of anilines is 1. The van der Waals surface area contributed by atoms with E-state index >= 15 is 0 Å². The van der Waals surface area contributed by atoms with Crippen molar-refractivity contribution in [2.24, 2.45) is 0 Å². The average molecular weight is 423 g/mol. The lowest BCUT2D eigenvalue weighted by Gasteiger charge is -2.13. The summed E-state index contributed by atoms with van der Waals surface area (Å²) >= 11 is 17.9. The Bertz CT molecular complexity index is 948. The van der Waals surface area contributed by atoms with Gasteiger partial charge in [-0.3, -0.25) is 4.79 Å². The first-order valence-electron chi connectivity index (χ1n) is 7.91. The molecule has 7 heteroatoms. The fourth-order valence-corrected chi connectivity index (χ4v) is 2.86. The SMILES string of the molecule is O=C(COc1ccc(Cl)cc1Cl)Nc1cc(Cl)ccc1Oc1ccccc1. The van der Waals surface area contributed by atoms with Crippen LogP contribution in [0.5, 0.6) is 17.2 Å². The average Bonchev–Trinajstić information content (AvgIpc) is 2.64. The molecule has 0 saturated heterocycles. The Morgan fingerprint density at radius 2 is 1.52 bits per heavy atom. The number of carbonyl (C=O) groups excluding carboxylic acids is 1. The van der Waals surface area contributed by atoms with Gasteiger partial charge < -0.3 is 14.8 Å². The molecule has 3 rings (SSSR count). The van der Waals surface area contributed by atoms with E-state index < -0.39 is 0 Å². The molecule has 138 valence electrons. The number of halogens is 3. The van der Waals surface area contributed by atoms with Gasteiger partial charge in [-0.1, -0.05) is 53.0 Å². The standard InChI is InChI=1S/C20H14Cl3NO3/c21-13-6-8-18(16(23)10-13)26-12-20(25)24-17-11-14(22)7-9-19(17)27-15-4-2-1-3-5-15/h1-11H,12H2,(H,24,25). The second-order valence-electron chi connectivity index (χ2n) is 5.47. The first-order chi connectivity index (χ1) is 13.0. The van der Waals surface area contributed by atoms with Crippen molar-refractivity contribution in [2.75, 3.05) is 11.9 Å². The Morgan fingerprint density at radius 3 is 2.22 bits per heavy atom. The highest BCUT2D eigenvalue weighted by Crippen LogP contribution is 2.32. The molecule has 0 fully saturated rings. The molecule has 0 atom stereocenters. The third-order valence-corrected chi connectivity index (χ3v) is 4.20. The highest BCUT2D eigenvalue weighted by Gasteiger charge is 2.12. The molecule has 0 radical (unpaired) electrons. The first kappa shape index (κ1) is 19.4. The van der Waals surface area contributed by atoms with Gasteiger partial charge in [0, 0.05) is 10.0 Å². The number of rotatable bonds is 6. The number of carbonyl (C=O) groups is 1. The van der Waals surface area contributed by atoms with Crippen molar-refractivity contribution in [3.63, 3.8) is 0 Å². The Balaban J connectivity index is 1.68. The van der Waals surface area contributed by atoms with Gasteiger partial charge in [-0.15, -0.1) is 0 Å². The van der Waals surface area contributed by atoms with Crippen LogP contribution >= 0.6 is 34.8 Å². The quantitative estimate of drug-likeness (QED) is 0.496. The van der Waals surface area contributed by atoms with Crippen LogP contribution in [-0.2, 0) is 4.79 Å². The Kier molecular flexibility index (Phi) is 6.45. The van der Waals surface area contributed by atoms with Crippen LogP contribution in [0.1, 0.15) is 0 Å². The molecule has 1 amide bonds. The van der Waals surface area contributed by atoms with Crippen molar-refractivity contribution in [1.29, 1.82) is 0 Å². The van der Waals surface area contributed by atoms with E-state index in [0.29, 0.717) is 38.0 Å². The molecule has 3 aromatic rings. The summed E-state index contributed by atoms with van der Waals surface area (Å²) in [5.74, 6) is 1.08. The minimum atomic E-state index is -0.388. The zero-order valence-corrected chi connectivity index (χ0v) is 16.2. The van der Waals surface area contributed by atoms with Crippen LogP contribution in [0.15, 0.2) is 66.7 Å². The Labute approximate surface area is 171 Å². The number of nitrogens with one attached hydrogen (secondary N) is 1. The summed E-state index contributed by atoms with van der Waals surface area (Å²) in [5, 5.41) is 4.01. The lowest BCUT2D eigenvalue weighted by Crippen LogP contribution is -2.20. The molecule has 0 spiro atoms. The van der Waals surface area contributed by atoms with Crippen molar-refractivity contribution in [1.82, 2.24) is 0 Å². The van der Waals surface area contributed by atoms with E-state index in [1.807, 2.05) is 30.3 Å². The zero-order valence-electron chi connectivity index (χ0n) is 13.9. The van der Waals surface area contributed by atoms with Crippen LogP contribution in [0.4, 0.5) is 5.69 Å². The van der Waals surface area contributed by atoms with Gasteiger partial charge in [0.25, 0.3) is 5.91 Å². The smallest absolute Gasteiger partial charge is 0.262 e. The number of amides is 1. The molecule has 27 heavy (non-hydrogen) atoms. The minimum absolute atomic E-state index is 0.237. The van der Waals surface area contributed by atoms with Gasteiger partial charge in [-0.05, 0) is 48.5 Å². The summed E-state index contributed by atoms with van der Waals surface area (Å²) in [6.07, 6.45) is 0. The summed E-state index contributed by atoms with van der Waals surface area (Å²) in [7, 11) is 0. The van der Waals surface area contributed by atoms with Crippen molar-refractivity contribution in [3.8, 4) is 17.2 Å². The highest BCUT2D eigenvalue weighted by atomic mass is 35.5. The van der Waals surface area contributed by atoms with Gasteiger partial charge in [0.15, 0.2) is 12.4 Å². The molecule has 4 nitrogen and oxygen atoms in total. The van der Waals surface area contributed by atoms with Gasteiger partial charge in [0.05, 0.1) is 10.7 Å². The van der Waals surface area contributed by atoms with E-state index in [0.717, 1.165) is 0 Å². The number of ether oxygens (including phenoxy) is 2. The molecule has 3 aromatic carbocycles. The van der Waals surface area contributed by atoms with Gasteiger partial charge in [0.1, 0.15) is 11.5 Å². The fourth-order valence-electron chi connectivity index (χ4n) is 2.23. The lowest BCUT2D eigenvalue weighted by molar-refractivity contribution is -0.118. The van der Waals surface area contributed by atoms with Crippen LogP contribution in [0.25, 0.3) is 0 Å². The third kappa shape index (κ3) is 5.54. The third-order valence-electron chi connectivity index (χ3n) is 3.44. The first-order valence-corrected chi connectivity index (χ1v) is 9.05. The zero-order chi connectivity index (χ0) is 19.2. The van der Waals surface area contributed by atoms with Crippen LogP contribution in [-0.4, -0.2) is 12.5 Å². The van der Waals surface area contributed by atoms with E-state index in [9.17, 15) is 4.79 Å². The number of hydrogen-bond acceptors (Lipinski definition) is 3. The summed E-state index contributed by atoms with van der Waals surface area (Å²) in [6, 6.07) is 19.0. The highest BCUT2D eigenvalue weighted by molar-refractivity contribution is 6.35. The van der Waals surface area contributed by atoms with E-state index in [4.69, 9.17) is 44.3 Å². The van der Waals surface area contributed by atoms with Crippen molar-refractivity contribution in [2.45, 2.75) is 0 Å². The fraction of sp³-hybridized carbons (Fsp3) is 0.0500. The monoisotopic (exact) mass is 421 g/mol. The van der Waals surface area contributed by atoms with Gasteiger partial charge in [-0.25, -0.2) is 0 Å². The number of benzene rings is 3. The van der Waals surface area contributed by atoms with E-state index in [-0.39, 0.29) is 12.5 Å². The predicted molar refractivity (Wildman–Crippen MR) is 109 cm³/mol. The summed E-state index contributed by atoms with van der Waals surface area (Å²) in [6.45, 7) is -0.237. The molecular weight excluding hydrogens is 409 g/mol. The molecule has 0 aromatic heterocycles. The Hall–Kier alpha value is -2.40. The van der Waals surface area contributed by atoms with Gasteiger partial charge in [-0.2, -0.15) is 0 Å². The molecule has 0 heterocycles. The van der Waals surface area contributed by atoms with Gasteiger partial charge in [0.2, 0.25) is 0 Å². The molecule has 0 aliphatic rings.